The fourth-order valence-corrected chi connectivity index (χ4v) is 2.99. The minimum Gasteiger partial charge on any atom is -0.395 e. The summed E-state index contributed by atoms with van der Waals surface area (Å²) in [6.45, 7) is -3.93. The number of hydrogen-bond acceptors (Lipinski definition) is 10. The van der Waals surface area contributed by atoms with Gasteiger partial charge in [-0.1, -0.05) is 0 Å². The van der Waals surface area contributed by atoms with Gasteiger partial charge in [-0.2, -0.15) is 0 Å². The monoisotopic (exact) mass is 453 g/mol. The maximum absolute atomic E-state index is 13.0. The van der Waals surface area contributed by atoms with Crippen LogP contribution in [0.3, 0.4) is 0 Å². The number of aliphatic hydroxyl groups excluding tert-OH is 6. The van der Waals surface area contributed by atoms with E-state index in [-0.39, 0.29) is 39.3 Å². The predicted molar refractivity (Wildman–Crippen MR) is 106 cm³/mol. The smallest absolute Gasteiger partial charge is 0.255 e. The van der Waals surface area contributed by atoms with E-state index in [0.29, 0.717) is 0 Å². The molecule has 0 aliphatic heterocycles. The van der Waals surface area contributed by atoms with E-state index in [0.717, 1.165) is 14.7 Å². The largest absolute Gasteiger partial charge is 0.395 e. The Hall–Kier alpha value is -1.87. The first kappa shape index (κ1) is 29.1. The van der Waals surface area contributed by atoms with Crippen LogP contribution in [0.5, 0.6) is 0 Å². The average Bonchev–Trinajstić information content (AvgIpc) is 2.72. The highest BCUT2D eigenvalue weighted by Gasteiger charge is 2.44. The lowest BCUT2D eigenvalue weighted by molar-refractivity contribution is -0.163. The number of aliphatic hydroxyl groups is 7. The van der Waals surface area contributed by atoms with Gasteiger partial charge in [-0.3, -0.25) is 14.4 Å². The minimum absolute atomic E-state index is 0.171. The molecule has 13 heteroatoms. The fourth-order valence-electron chi connectivity index (χ4n) is 2.99. The second-order valence-corrected chi connectivity index (χ2v) is 6.78. The summed E-state index contributed by atoms with van der Waals surface area (Å²) in [6, 6.07) is 0. The van der Waals surface area contributed by atoms with E-state index in [4.69, 9.17) is 20.4 Å². The maximum atomic E-state index is 13.0. The Balaban J connectivity index is 5.88. The van der Waals surface area contributed by atoms with Crippen LogP contribution in [0.4, 0.5) is 0 Å². The van der Waals surface area contributed by atoms with Crippen LogP contribution < -0.4 is 0 Å². The summed E-state index contributed by atoms with van der Waals surface area (Å²) >= 11 is 0. The summed E-state index contributed by atoms with van der Waals surface area (Å²) in [7, 11) is 0. The number of rotatable bonds is 17. The van der Waals surface area contributed by atoms with Gasteiger partial charge in [0, 0.05) is 39.3 Å². The van der Waals surface area contributed by atoms with E-state index in [1.54, 1.807) is 0 Å². The van der Waals surface area contributed by atoms with Crippen molar-refractivity contribution in [2.24, 2.45) is 0 Å². The van der Waals surface area contributed by atoms with Crippen molar-refractivity contribution in [2.75, 3.05) is 78.9 Å². The van der Waals surface area contributed by atoms with Crippen LogP contribution in [0, 0.1) is 0 Å². The van der Waals surface area contributed by atoms with Crippen molar-refractivity contribution in [1.29, 1.82) is 0 Å². The molecule has 0 fully saturated rings. The molecule has 0 rings (SSSR count). The zero-order chi connectivity index (χ0) is 23.9. The average molecular weight is 453 g/mol. The van der Waals surface area contributed by atoms with Crippen LogP contribution in [0.15, 0.2) is 0 Å². The predicted octanol–water partition coefficient (Wildman–Crippen LogP) is -5.06. The highest BCUT2D eigenvalue weighted by Crippen LogP contribution is 2.22. The van der Waals surface area contributed by atoms with Crippen molar-refractivity contribution in [2.45, 2.75) is 18.4 Å². The summed E-state index contributed by atoms with van der Waals surface area (Å²) in [4.78, 5) is 41.3. The number of hydrogen-bond donors (Lipinski definition) is 7. The third-order valence-electron chi connectivity index (χ3n) is 4.50. The molecule has 0 aliphatic rings. The molecule has 182 valence electrons. The van der Waals surface area contributed by atoms with Gasteiger partial charge in [-0.05, 0) is 0 Å². The van der Waals surface area contributed by atoms with Crippen LogP contribution in [0.1, 0.15) is 12.8 Å². The number of carbonyl (C=O) groups excluding carboxylic acids is 3. The lowest BCUT2D eigenvalue weighted by Gasteiger charge is -2.35. The summed E-state index contributed by atoms with van der Waals surface area (Å²) in [6.07, 6.45) is -1.73. The molecule has 0 heterocycles. The molecule has 0 aromatic heterocycles. The van der Waals surface area contributed by atoms with Crippen molar-refractivity contribution >= 4 is 17.7 Å². The molecule has 0 unspecified atom stereocenters. The summed E-state index contributed by atoms with van der Waals surface area (Å²) in [5.41, 5.74) is -2.56. The molecule has 0 aromatic rings. The van der Waals surface area contributed by atoms with Crippen molar-refractivity contribution in [1.82, 2.24) is 14.7 Å². The molecule has 0 aromatic carbocycles. The van der Waals surface area contributed by atoms with E-state index < -0.39 is 75.8 Å². The standard InChI is InChI=1S/C18H35N3O10/c22-7-1-19(2-8-23)15(28)13-18(31,17(30)21(5-11-26)6-12-27)14-16(29)20(3-9-24)4-10-25/h22-27,31H,1-14H2. The van der Waals surface area contributed by atoms with Crippen LogP contribution in [0.2, 0.25) is 0 Å². The minimum atomic E-state index is -2.56. The van der Waals surface area contributed by atoms with Crippen molar-refractivity contribution < 1.29 is 50.1 Å². The number of nitrogens with zero attached hydrogens (tertiary/aromatic N) is 3. The zero-order valence-electron chi connectivity index (χ0n) is 17.6. The molecule has 0 atom stereocenters. The molecule has 31 heavy (non-hydrogen) atoms. The third kappa shape index (κ3) is 9.86. The molecule has 7 N–H and O–H groups in total. The van der Waals surface area contributed by atoms with Crippen molar-refractivity contribution in [3.8, 4) is 0 Å². The van der Waals surface area contributed by atoms with Gasteiger partial charge in [0.15, 0.2) is 5.60 Å². The van der Waals surface area contributed by atoms with Gasteiger partial charge in [-0.15, -0.1) is 0 Å². The van der Waals surface area contributed by atoms with Gasteiger partial charge in [0.1, 0.15) is 0 Å². The number of carbonyl (C=O) groups is 3. The molecular weight excluding hydrogens is 418 g/mol. The first-order valence-corrected chi connectivity index (χ1v) is 9.97. The van der Waals surface area contributed by atoms with Gasteiger partial charge in [0.25, 0.3) is 5.91 Å². The van der Waals surface area contributed by atoms with Crippen LogP contribution in [-0.4, -0.2) is 153 Å². The topological polar surface area (TPSA) is 203 Å². The van der Waals surface area contributed by atoms with E-state index >= 15 is 0 Å². The highest BCUT2D eigenvalue weighted by molar-refractivity contribution is 5.95. The molecule has 0 saturated heterocycles. The molecule has 0 bridgehead atoms. The lowest BCUT2D eigenvalue weighted by atomic mass is 9.91. The molecule has 3 amide bonds. The van der Waals surface area contributed by atoms with Gasteiger partial charge in [0.05, 0.1) is 52.5 Å². The van der Waals surface area contributed by atoms with E-state index in [1.807, 2.05) is 0 Å². The summed E-state index contributed by atoms with van der Waals surface area (Å²) < 4.78 is 0. The Labute approximate surface area is 180 Å². The number of amides is 3. The summed E-state index contributed by atoms with van der Waals surface area (Å²) in [5.74, 6) is -2.69. The maximum Gasteiger partial charge on any atom is 0.255 e. The Bertz CT molecular complexity index is 501. The van der Waals surface area contributed by atoms with Gasteiger partial charge >= 0.3 is 0 Å². The SMILES string of the molecule is O=C(CC(O)(CC(=O)N(CCO)CCO)C(=O)N(CCO)CCO)N(CCO)CCO. The summed E-state index contributed by atoms with van der Waals surface area (Å²) in [5, 5.41) is 65.9. The van der Waals surface area contributed by atoms with Crippen LogP contribution >= 0.6 is 0 Å². The molecule has 0 spiro atoms. The van der Waals surface area contributed by atoms with Crippen LogP contribution in [-0.2, 0) is 14.4 Å². The normalized spacial score (nSPS) is 11.3. The Morgan fingerprint density at radius 2 is 0.774 bits per heavy atom. The second-order valence-electron chi connectivity index (χ2n) is 6.78. The third-order valence-corrected chi connectivity index (χ3v) is 4.50. The Morgan fingerprint density at radius 1 is 0.516 bits per heavy atom. The van der Waals surface area contributed by atoms with Crippen molar-refractivity contribution in [3.05, 3.63) is 0 Å². The first-order chi connectivity index (χ1) is 14.7. The van der Waals surface area contributed by atoms with Gasteiger partial charge in [-0.25, -0.2) is 0 Å². The van der Waals surface area contributed by atoms with E-state index in [1.165, 1.54) is 0 Å². The molecule has 13 nitrogen and oxygen atoms in total. The molecule has 0 radical (unpaired) electrons. The molecule has 0 saturated carbocycles. The lowest BCUT2D eigenvalue weighted by Crippen LogP contribution is -2.55. The molecule has 0 aliphatic carbocycles. The van der Waals surface area contributed by atoms with Gasteiger partial charge in [0.2, 0.25) is 11.8 Å². The van der Waals surface area contributed by atoms with E-state index in [2.05, 4.69) is 0 Å². The van der Waals surface area contributed by atoms with E-state index in [9.17, 15) is 29.7 Å². The highest BCUT2D eigenvalue weighted by atomic mass is 16.3. The quantitative estimate of drug-likeness (QED) is 0.112. The van der Waals surface area contributed by atoms with Crippen LogP contribution in [0.25, 0.3) is 0 Å². The molecular formula is C18H35N3O10. The zero-order valence-corrected chi connectivity index (χ0v) is 17.6. The van der Waals surface area contributed by atoms with Gasteiger partial charge < -0.3 is 50.4 Å². The fraction of sp³-hybridized carbons (Fsp3) is 0.833. The second kappa shape index (κ2) is 15.9. The van der Waals surface area contributed by atoms with Crippen molar-refractivity contribution in [3.63, 3.8) is 0 Å². The first-order valence-electron chi connectivity index (χ1n) is 9.97. The Kier molecular flexibility index (Phi) is 14.9. The Morgan fingerprint density at radius 3 is 1.03 bits per heavy atom.